The van der Waals surface area contributed by atoms with E-state index >= 15 is 0 Å². The molecule has 0 atom stereocenters. The summed E-state index contributed by atoms with van der Waals surface area (Å²) in [7, 11) is 0. The van der Waals surface area contributed by atoms with Crippen molar-refractivity contribution in [3.63, 3.8) is 0 Å². The Balaban J connectivity index is 2.25. The maximum atomic E-state index is 14.3. The van der Waals surface area contributed by atoms with Crippen molar-refractivity contribution < 1.29 is 30.7 Å². The molecule has 4 rings (SSSR count). The highest BCUT2D eigenvalue weighted by atomic mass is 19.2. The highest BCUT2D eigenvalue weighted by molar-refractivity contribution is 7.19. The minimum absolute atomic E-state index is 0.00463. The van der Waals surface area contributed by atoms with Gasteiger partial charge >= 0.3 is 0 Å². The molecule has 8 heteroatoms. The van der Waals surface area contributed by atoms with Crippen LogP contribution in [0.3, 0.4) is 0 Å². The molecule has 4 aromatic carbocycles. The van der Waals surface area contributed by atoms with Crippen molar-refractivity contribution in [2.24, 2.45) is 0 Å². The predicted molar refractivity (Wildman–Crippen MR) is 110 cm³/mol. The van der Waals surface area contributed by atoms with E-state index in [1.54, 1.807) is 0 Å². The van der Waals surface area contributed by atoms with Crippen LogP contribution in [0.4, 0.5) is 30.7 Å². The third-order valence-electron chi connectivity index (χ3n) is 5.50. The average molecular weight is 445 g/mol. The molecule has 4 aromatic rings. The maximum Gasteiger partial charge on any atom is 0.123 e. The normalized spacial score (nSPS) is 11.6. The minimum Gasteiger partial charge on any atom is -0.207 e. The molecule has 0 unspecified atom stereocenters. The predicted octanol–water partition coefficient (Wildman–Crippen LogP) is 4.04. The summed E-state index contributed by atoms with van der Waals surface area (Å²) in [4.78, 5) is 0. The lowest BCUT2D eigenvalue weighted by atomic mass is 9.13. The van der Waals surface area contributed by atoms with Gasteiger partial charge in [-0.3, -0.25) is 0 Å². The highest BCUT2D eigenvalue weighted by Crippen LogP contribution is 2.15. The van der Waals surface area contributed by atoms with E-state index in [4.69, 9.17) is 0 Å². The zero-order valence-corrected chi connectivity index (χ0v) is 16.2. The van der Waals surface area contributed by atoms with Gasteiger partial charge in [-0.2, -0.15) is 21.9 Å². The van der Waals surface area contributed by atoms with Gasteiger partial charge in [0.2, 0.25) is 0 Å². The second-order valence-corrected chi connectivity index (χ2v) is 7.53. The number of benzene rings is 4. The lowest BCUT2D eigenvalue weighted by Gasteiger charge is -2.44. The Morgan fingerprint density at radius 3 is 0.969 bits per heavy atom. The summed E-state index contributed by atoms with van der Waals surface area (Å²) >= 11 is 0. The van der Waals surface area contributed by atoms with Crippen LogP contribution >= 0.6 is 0 Å². The van der Waals surface area contributed by atoms with Crippen LogP contribution in [-0.2, 0) is 0 Å². The lowest BCUT2D eigenvalue weighted by molar-refractivity contribution is 0.585. The van der Waals surface area contributed by atoms with E-state index in [2.05, 4.69) is 0 Å². The molecular formula is C24H13BF7-. The third kappa shape index (κ3) is 3.88. The standard InChI is InChI=1S/C24H13BF7/c26-18-3-1-2-14(4-18)25(15-5-19(27)11-20(28)6-15,16-7-21(29)12-22(30)8-16)17-9-23(31)13-24(32)10-17/h1-13H/q-1. The van der Waals surface area contributed by atoms with Crippen molar-refractivity contribution in [3.8, 4) is 0 Å². The fraction of sp³-hybridized carbons (Fsp3) is 0. The van der Waals surface area contributed by atoms with Gasteiger partial charge in [0.05, 0.1) is 0 Å². The smallest absolute Gasteiger partial charge is 0.123 e. The minimum atomic E-state index is -3.03. The van der Waals surface area contributed by atoms with Crippen LogP contribution in [0, 0.1) is 40.7 Å². The molecule has 162 valence electrons. The van der Waals surface area contributed by atoms with Crippen LogP contribution in [0.5, 0.6) is 0 Å². The lowest BCUT2D eigenvalue weighted by Crippen LogP contribution is -2.75. The molecule has 0 aliphatic rings. The molecule has 32 heavy (non-hydrogen) atoms. The van der Waals surface area contributed by atoms with Gasteiger partial charge in [0.25, 0.3) is 0 Å². The molecule has 0 amide bonds. The first-order chi connectivity index (χ1) is 15.2. The van der Waals surface area contributed by atoms with Gasteiger partial charge in [-0.1, -0.05) is 54.6 Å². The van der Waals surface area contributed by atoms with Gasteiger partial charge < -0.3 is 0 Å². The van der Waals surface area contributed by atoms with Crippen molar-refractivity contribution >= 4 is 28.0 Å². The number of rotatable bonds is 4. The summed E-state index contributed by atoms with van der Waals surface area (Å²) in [6.07, 6.45) is -3.03. The first-order valence-corrected chi connectivity index (χ1v) is 9.50. The molecule has 0 aromatic heterocycles. The zero-order valence-electron chi connectivity index (χ0n) is 16.2. The van der Waals surface area contributed by atoms with E-state index in [1.165, 1.54) is 12.1 Å². The fourth-order valence-corrected chi connectivity index (χ4v) is 4.41. The number of halogens is 7. The number of hydrogen-bond donors (Lipinski definition) is 0. The third-order valence-corrected chi connectivity index (χ3v) is 5.50. The Labute approximate surface area is 178 Å². The van der Waals surface area contributed by atoms with Gasteiger partial charge in [0.1, 0.15) is 46.9 Å². The Morgan fingerprint density at radius 2 is 0.656 bits per heavy atom. The second kappa shape index (κ2) is 8.18. The van der Waals surface area contributed by atoms with E-state index in [0.717, 1.165) is 48.5 Å². The van der Waals surface area contributed by atoms with E-state index in [-0.39, 0.29) is 21.9 Å². The van der Waals surface area contributed by atoms with Crippen molar-refractivity contribution in [1.82, 2.24) is 0 Å². The van der Waals surface area contributed by atoms with Gasteiger partial charge in [0, 0.05) is 18.2 Å². The van der Waals surface area contributed by atoms with E-state index in [0.29, 0.717) is 18.2 Å². The summed E-state index contributed by atoms with van der Waals surface area (Å²) in [5, 5.41) is 0. The average Bonchev–Trinajstić information content (AvgIpc) is 2.66. The number of hydrogen-bond acceptors (Lipinski definition) is 0. The fourth-order valence-electron chi connectivity index (χ4n) is 4.41. The molecule has 0 heterocycles. The van der Waals surface area contributed by atoms with E-state index in [1.807, 2.05) is 0 Å². The van der Waals surface area contributed by atoms with Crippen LogP contribution in [0.1, 0.15) is 0 Å². The van der Waals surface area contributed by atoms with E-state index < -0.39 is 46.9 Å². The van der Waals surface area contributed by atoms with Crippen LogP contribution in [0.2, 0.25) is 0 Å². The molecule has 0 saturated heterocycles. The SMILES string of the molecule is Fc1cccc([B-](c2cc(F)cc(F)c2)(c2cc(F)cc(F)c2)c2cc(F)cc(F)c2)c1. The molecule has 0 spiro atoms. The molecule has 0 aliphatic carbocycles. The Morgan fingerprint density at radius 1 is 0.344 bits per heavy atom. The molecule has 0 saturated carbocycles. The molecular weight excluding hydrogens is 432 g/mol. The molecule has 0 bridgehead atoms. The van der Waals surface area contributed by atoms with Crippen LogP contribution < -0.4 is 21.9 Å². The van der Waals surface area contributed by atoms with Crippen molar-refractivity contribution in [1.29, 1.82) is 0 Å². The van der Waals surface area contributed by atoms with Gasteiger partial charge in [-0.25, -0.2) is 30.7 Å². The van der Waals surface area contributed by atoms with Crippen molar-refractivity contribution in [2.75, 3.05) is 0 Å². The van der Waals surface area contributed by atoms with Crippen molar-refractivity contribution in [2.45, 2.75) is 0 Å². The molecule has 0 radical (unpaired) electrons. The maximum absolute atomic E-state index is 14.3. The van der Waals surface area contributed by atoms with Gasteiger partial charge in [-0.15, -0.1) is 0 Å². The molecule has 0 aliphatic heterocycles. The second-order valence-electron chi connectivity index (χ2n) is 7.53. The Hall–Kier alpha value is -3.55. The van der Waals surface area contributed by atoms with Gasteiger partial charge in [0.15, 0.2) is 0 Å². The first kappa shape index (κ1) is 21.7. The summed E-state index contributed by atoms with van der Waals surface area (Å²) in [5.74, 6) is -6.95. The summed E-state index contributed by atoms with van der Waals surface area (Å²) in [6, 6.07) is 11.8. The Bertz CT molecular complexity index is 1130. The quantitative estimate of drug-likeness (QED) is 0.329. The molecule has 0 nitrogen and oxygen atoms in total. The van der Waals surface area contributed by atoms with Crippen LogP contribution in [0.25, 0.3) is 0 Å². The van der Waals surface area contributed by atoms with Gasteiger partial charge in [-0.05, 0) is 6.07 Å². The zero-order chi connectivity index (χ0) is 23.0. The topological polar surface area (TPSA) is 0 Å². The molecule has 0 N–H and O–H groups in total. The van der Waals surface area contributed by atoms with E-state index in [9.17, 15) is 30.7 Å². The Kier molecular flexibility index (Phi) is 5.54. The summed E-state index contributed by atoms with van der Waals surface area (Å²) < 4.78 is 100. The van der Waals surface area contributed by atoms with Crippen LogP contribution in [-0.4, -0.2) is 6.15 Å². The monoisotopic (exact) mass is 445 g/mol. The summed E-state index contributed by atoms with van der Waals surface area (Å²) in [5.41, 5.74) is -0.570. The van der Waals surface area contributed by atoms with Crippen molar-refractivity contribution in [3.05, 3.63) is 120 Å². The first-order valence-electron chi connectivity index (χ1n) is 9.50. The molecule has 0 fully saturated rings. The van der Waals surface area contributed by atoms with Crippen LogP contribution in [0.15, 0.2) is 78.9 Å². The largest absolute Gasteiger partial charge is 0.207 e. The summed E-state index contributed by atoms with van der Waals surface area (Å²) in [6.45, 7) is 0. The highest BCUT2D eigenvalue weighted by Gasteiger charge is 2.34.